The fraction of sp³-hybridized carbons (Fsp3) is 0.571. The molecule has 1 aliphatic heterocycles. The number of nitrogens with one attached hydrogen (secondary N) is 1. The zero-order chi connectivity index (χ0) is 11.0. The zero-order valence-corrected chi connectivity index (χ0v) is 9.95. The molecule has 86 valence electrons. The van der Waals surface area contributed by atoms with Crippen molar-refractivity contribution in [2.24, 2.45) is 5.92 Å². The monoisotopic (exact) mass is 216 g/mol. The summed E-state index contributed by atoms with van der Waals surface area (Å²) in [5, 5.41) is 3.50. The van der Waals surface area contributed by atoms with Gasteiger partial charge in [-0.2, -0.15) is 0 Å². The van der Waals surface area contributed by atoms with Crippen molar-refractivity contribution in [1.82, 2.24) is 0 Å². The second-order valence-corrected chi connectivity index (χ2v) is 5.17. The highest BCUT2D eigenvalue weighted by atomic mass is 15.2. The van der Waals surface area contributed by atoms with Crippen LogP contribution in [0.3, 0.4) is 0 Å². The lowest BCUT2D eigenvalue weighted by Crippen LogP contribution is -2.42. The molecule has 1 atom stereocenters. The van der Waals surface area contributed by atoms with Gasteiger partial charge in [-0.1, -0.05) is 25.0 Å². The summed E-state index contributed by atoms with van der Waals surface area (Å²) < 4.78 is 0. The van der Waals surface area contributed by atoms with Gasteiger partial charge in [0.2, 0.25) is 0 Å². The van der Waals surface area contributed by atoms with Crippen molar-refractivity contribution in [3.63, 3.8) is 0 Å². The van der Waals surface area contributed by atoms with Crippen LogP contribution in [0.4, 0.5) is 11.4 Å². The Morgan fingerprint density at radius 3 is 2.94 bits per heavy atom. The summed E-state index contributed by atoms with van der Waals surface area (Å²) in [5.74, 6) is 1.02. The summed E-state index contributed by atoms with van der Waals surface area (Å²) in [5.41, 5.74) is 2.69. The largest absolute Gasteiger partial charge is 0.381 e. The molecule has 0 amide bonds. The Bertz CT molecular complexity index is 371. The van der Waals surface area contributed by atoms with E-state index in [-0.39, 0.29) is 0 Å². The summed E-state index contributed by atoms with van der Waals surface area (Å²) in [6, 6.07) is 9.30. The van der Waals surface area contributed by atoms with E-state index in [2.05, 4.69) is 41.4 Å². The van der Waals surface area contributed by atoms with E-state index in [9.17, 15) is 0 Å². The summed E-state index contributed by atoms with van der Waals surface area (Å²) in [7, 11) is 0. The number of hydrogen-bond donors (Lipinski definition) is 1. The highest BCUT2D eigenvalue weighted by Crippen LogP contribution is 2.35. The molecule has 2 nitrogen and oxygen atoms in total. The fourth-order valence-electron chi connectivity index (χ4n) is 2.55. The van der Waals surface area contributed by atoms with E-state index in [0.717, 1.165) is 12.5 Å². The molecular formula is C14H20N2. The maximum Gasteiger partial charge on any atom is 0.0605 e. The quantitative estimate of drug-likeness (QED) is 0.835. The Morgan fingerprint density at radius 2 is 2.12 bits per heavy atom. The van der Waals surface area contributed by atoms with Crippen LogP contribution in [-0.4, -0.2) is 19.1 Å². The molecule has 1 saturated carbocycles. The first kappa shape index (κ1) is 10.0. The molecule has 16 heavy (non-hydrogen) atoms. The average molecular weight is 216 g/mol. The Morgan fingerprint density at radius 1 is 1.31 bits per heavy atom. The average Bonchev–Trinajstić information content (AvgIpc) is 3.12. The van der Waals surface area contributed by atoms with Gasteiger partial charge in [-0.05, 0) is 31.4 Å². The first-order chi connectivity index (χ1) is 7.84. The maximum absolute atomic E-state index is 3.50. The van der Waals surface area contributed by atoms with Gasteiger partial charge >= 0.3 is 0 Å². The van der Waals surface area contributed by atoms with Crippen LogP contribution in [0.2, 0.25) is 0 Å². The second-order valence-electron chi connectivity index (χ2n) is 5.17. The molecule has 2 heteroatoms. The van der Waals surface area contributed by atoms with E-state index in [1.807, 2.05) is 0 Å². The molecule has 1 aromatic rings. The number of benzene rings is 1. The molecule has 1 unspecified atom stereocenters. The lowest BCUT2D eigenvalue weighted by Gasteiger charge is -2.37. The first-order valence-electron chi connectivity index (χ1n) is 6.44. The van der Waals surface area contributed by atoms with Crippen LogP contribution in [-0.2, 0) is 0 Å². The molecule has 0 radical (unpaired) electrons. The number of fused-ring (bicyclic) bond motifs is 1. The normalized spacial score (nSPS) is 23.8. The van der Waals surface area contributed by atoms with E-state index in [0.29, 0.717) is 6.04 Å². The van der Waals surface area contributed by atoms with Crippen LogP contribution >= 0.6 is 0 Å². The van der Waals surface area contributed by atoms with Crippen molar-refractivity contribution in [1.29, 1.82) is 0 Å². The highest BCUT2D eigenvalue weighted by Gasteiger charge is 2.26. The summed E-state index contributed by atoms with van der Waals surface area (Å²) in [6.07, 6.45) is 4.29. The standard InChI is InChI=1S/C14H20N2/c1-11-10-15-13-4-2-3-5-14(13)16(11)9-8-12-6-7-12/h2-5,11-12,15H,6-10H2,1H3. The highest BCUT2D eigenvalue weighted by molar-refractivity contribution is 5.72. The van der Waals surface area contributed by atoms with Crippen molar-refractivity contribution in [3.8, 4) is 0 Å². The second kappa shape index (κ2) is 4.00. The molecule has 0 spiro atoms. The van der Waals surface area contributed by atoms with Gasteiger partial charge in [0.15, 0.2) is 0 Å². The van der Waals surface area contributed by atoms with Gasteiger partial charge < -0.3 is 10.2 Å². The van der Waals surface area contributed by atoms with Crippen molar-refractivity contribution in [3.05, 3.63) is 24.3 Å². The van der Waals surface area contributed by atoms with Crippen LogP contribution in [0.15, 0.2) is 24.3 Å². The van der Waals surface area contributed by atoms with E-state index in [1.165, 1.54) is 37.2 Å². The molecule has 0 bridgehead atoms. The van der Waals surface area contributed by atoms with Gasteiger partial charge in [0, 0.05) is 19.1 Å². The molecule has 1 aromatic carbocycles. The first-order valence-corrected chi connectivity index (χ1v) is 6.44. The van der Waals surface area contributed by atoms with Gasteiger partial charge in [-0.3, -0.25) is 0 Å². The predicted octanol–water partition coefficient (Wildman–Crippen LogP) is 3.11. The van der Waals surface area contributed by atoms with Gasteiger partial charge in [-0.25, -0.2) is 0 Å². The van der Waals surface area contributed by atoms with Crippen molar-refractivity contribution < 1.29 is 0 Å². The number of hydrogen-bond acceptors (Lipinski definition) is 2. The lowest BCUT2D eigenvalue weighted by molar-refractivity contribution is 0.599. The minimum absolute atomic E-state index is 0.619. The predicted molar refractivity (Wildman–Crippen MR) is 69.1 cm³/mol. The number of anilines is 2. The Labute approximate surface area is 97.6 Å². The molecule has 2 aliphatic rings. The molecule has 1 fully saturated rings. The topological polar surface area (TPSA) is 15.3 Å². The summed E-state index contributed by atoms with van der Waals surface area (Å²) in [6.45, 7) is 4.61. The van der Waals surface area contributed by atoms with E-state index >= 15 is 0 Å². The maximum atomic E-state index is 3.50. The number of rotatable bonds is 3. The minimum Gasteiger partial charge on any atom is -0.381 e. The summed E-state index contributed by atoms with van der Waals surface area (Å²) in [4.78, 5) is 2.57. The van der Waals surface area contributed by atoms with Crippen molar-refractivity contribution in [2.75, 3.05) is 23.3 Å². The SMILES string of the molecule is CC1CNc2ccccc2N1CCC1CC1. The smallest absolute Gasteiger partial charge is 0.0605 e. The van der Waals surface area contributed by atoms with Crippen LogP contribution < -0.4 is 10.2 Å². The number of nitrogens with zero attached hydrogens (tertiary/aromatic N) is 1. The van der Waals surface area contributed by atoms with Gasteiger partial charge in [0.25, 0.3) is 0 Å². The lowest BCUT2D eigenvalue weighted by atomic mass is 10.1. The minimum atomic E-state index is 0.619. The van der Waals surface area contributed by atoms with E-state index in [1.54, 1.807) is 0 Å². The van der Waals surface area contributed by atoms with Crippen molar-refractivity contribution in [2.45, 2.75) is 32.2 Å². The molecule has 3 rings (SSSR count). The molecule has 1 heterocycles. The third-order valence-electron chi connectivity index (χ3n) is 3.81. The van der Waals surface area contributed by atoms with Crippen LogP contribution in [0.25, 0.3) is 0 Å². The Balaban J connectivity index is 1.78. The molecular weight excluding hydrogens is 196 g/mol. The molecule has 0 saturated heterocycles. The van der Waals surface area contributed by atoms with Crippen LogP contribution in [0.1, 0.15) is 26.2 Å². The summed E-state index contributed by atoms with van der Waals surface area (Å²) >= 11 is 0. The van der Waals surface area contributed by atoms with Crippen LogP contribution in [0.5, 0.6) is 0 Å². The van der Waals surface area contributed by atoms with Crippen LogP contribution in [0, 0.1) is 5.92 Å². The van der Waals surface area contributed by atoms with Gasteiger partial charge in [-0.15, -0.1) is 0 Å². The zero-order valence-electron chi connectivity index (χ0n) is 9.95. The Kier molecular flexibility index (Phi) is 2.50. The number of para-hydroxylation sites is 2. The third kappa shape index (κ3) is 1.89. The fourth-order valence-corrected chi connectivity index (χ4v) is 2.55. The van der Waals surface area contributed by atoms with Gasteiger partial charge in [0.1, 0.15) is 0 Å². The van der Waals surface area contributed by atoms with Crippen molar-refractivity contribution >= 4 is 11.4 Å². The van der Waals surface area contributed by atoms with E-state index in [4.69, 9.17) is 0 Å². The molecule has 1 N–H and O–H groups in total. The molecule has 0 aromatic heterocycles. The Hall–Kier alpha value is -1.18. The molecule has 1 aliphatic carbocycles. The van der Waals surface area contributed by atoms with Gasteiger partial charge in [0.05, 0.1) is 11.4 Å². The third-order valence-corrected chi connectivity index (χ3v) is 3.81. The van der Waals surface area contributed by atoms with E-state index < -0.39 is 0 Å².